The van der Waals surface area contributed by atoms with Crippen molar-refractivity contribution in [2.45, 2.75) is 32.9 Å². The Hall–Kier alpha value is -2.00. The maximum absolute atomic E-state index is 6.01. The van der Waals surface area contributed by atoms with Crippen LogP contribution in [0.15, 0.2) is 42.5 Å². The van der Waals surface area contributed by atoms with E-state index in [2.05, 4.69) is 19.9 Å². The Balaban J connectivity index is 2.04. The molecule has 0 heterocycles. The molecule has 2 aromatic rings. The van der Waals surface area contributed by atoms with Gasteiger partial charge in [0.1, 0.15) is 18.1 Å². The van der Waals surface area contributed by atoms with Crippen molar-refractivity contribution in [3.8, 4) is 11.5 Å². The second-order valence-electron chi connectivity index (χ2n) is 5.19. The van der Waals surface area contributed by atoms with E-state index in [0.717, 1.165) is 29.0 Å². The lowest BCUT2D eigenvalue weighted by Crippen LogP contribution is -2.08. The summed E-state index contributed by atoms with van der Waals surface area (Å²) in [4.78, 5) is 0. The Labute approximate surface area is 126 Å². The molecule has 0 bridgehead atoms. The predicted octanol–water partition coefficient (Wildman–Crippen LogP) is 3.99. The summed E-state index contributed by atoms with van der Waals surface area (Å²) in [5.74, 6) is 1.69. The van der Waals surface area contributed by atoms with Gasteiger partial charge in [0.25, 0.3) is 0 Å². The Kier molecular flexibility index (Phi) is 5.23. The zero-order valence-corrected chi connectivity index (χ0v) is 12.9. The van der Waals surface area contributed by atoms with Crippen molar-refractivity contribution < 1.29 is 9.47 Å². The predicted molar refractivity (Wildman–Crippen MR) is 85.7 cm³/mol. The summed E-state index contributed by atoms with van der Waals surface area (Å²) in [5, 5.41) is 0. The van der Waals surface area contributed by atoms with Gasteiger partial charge < -0.3 is 15.2 Å². The first kappa shape index (κ1) is 15.4. The van der Waals surface area contributed by atoms with Crippen molar-refractivity contribution in [2.24, 2.45) is 5.73 Å². The highest BCUT2D eigenvalue weighted by Gasteiger charge is 2.06. The molecule has 0 aromatic heterocycles. The van der Waals surface area contributed by atoms with Crippen molar-refractivity contribution in [1.82, 2.24) is 0 Å². The number of methoxy groups -OCH3 is 1. The van der Waals surface area contributed by atoms with Gasteiger partial charge in [-0.3, -0.25) is 0 Å². The molecule has 21 heavy (non-hydrogen) atoms. The van der Waals surface area contributed by atoms with E-state index < -0.39 is 0 Å². The minimum Gasteiger partial charge on any atom is -0.496 e. The van der Waals surface area contributed by atoms with Crippen molar-refractivity contribution >= 4 is 0 Å². The smallest absolute Gasteiger partial charge is 0.125 e. The van der Waals surface area contributed by atoms with E-state index in [-0.39, 0.29) is 6.04 Å². The standard InChI is InChI=1S/C18H23NO2/c1-4-17(19)14-6-8-16(9-7-14)21-12-15-11-13(2)5-10-18(15)20-3/h5-11,17H,4,12,19H2,1-3H3/t17-/m0/s1. The highest BCUT2D eigenvalue weighted by Crippen LogP contribution is 2.23. The largest absolute Gasteiger partial charge is 0.496 e. The van der Waals surface area contributed by atoms with Crippen LogP contribution in [0.2, 0.25) is 0 Å². The number of benzene rings is 2. The third kappa shape index (κ3) is 3.99. The van der Waals surface area contributed by atoms with Gasteiger partial charge in [0.2, 0.25) is 0 Å². The van der Waals surface area contributed by atoms with Crippen molar-refractivity contribution in [3.05, 3.63) is 59.2 Å². The molecule has 0 saturated heterocycles. The molecule has 2 N–H and O–H groups in total. The number of aryl methyl sites for hydroxylation is 1. The molecule has 3 nitrogen and oxygen atoms in total. The summed E-state index contributed by atoms with van der Waals surface area (Å²) >= 11 is 0. The Morgan fingerprint density at radius 2 is 1.81 bits per heavy atom. The molecule has 0 aliphatic carbocycles. The van der Waals surface area contributed by atoms with Crippen molar-refractivity contribution in [1.29, 1.82) is 0 Å². The average molecular weight is 285 g/mol. The minimum absolute atomic E-state index is 0.0934. The molecule has 0 spiro atoms. The molecule has 0 amide bonds. The van der Waals surface area contributed by atoms with Gasteiger partial charge in [-0.15, -0.1) is 0 Å². The maximum Gasteiger partial charge on any atom is 0.125 e. The average Bonchev–Trinajstić information content (AvgIpc) is 2.52. The molecule has 3 heteroatoms. The van der Waals surface area contributed by atoms with E-state index in [1.165, 1.54) is 5.56 Å². The lowest BCUT2D eigenvalue weighted by atomic mass is 10.1. The summed E-state index contributed by atoms with van der Waals surface area (Å²) in [6, 6.07) is 14.2. The topological polar surface area (TPSA) is 44.5 Å². The maximum atomic E-state index is 6.01. The van der Waals surface area contributed by atoms with Gasteiger partial charge in [0.15, 0.2) is 0 Å². The summed E-state index contributed by atoms with van der Waals surface area (Å²) in [6.45, 7) is 4.63. The first-order chi connectivity index (χ1) is 10.1. The van der Waals surface area contributed by atoms with Crippen LogP contribution in [0, 0.1) is 6.92 Å². The highest BCUT2D eigenvalue weighted by molar-refractivity contribution is 5.37. The summed E-state index contributed by atoms with van der Waals surface area (Å²) in [5.41, 5.74) is 9.38. The number of rotatable bonds is 6. The van der Waals surface area contributed by atoms with Gasteiger partial charge >= 0.3 is 0 Å². The molecule has 0 fully saturated rings. The molecule has 2 aromatic carbocycles. The molecule has 0 unspecified atom stereocenters. The van der Waals surface area contributed by atoms with Crippen molar-refractivity contribution in [3.63, 3.8) is 0 Å². The summed E-state index contributed by atoms with van der Waals surface area (Å²) < 4.78 is 11.2. The fraction of sp³-hybridized carbons (Fsp3) is 0.333. The lowest BCUT2D eigenvalue weighted by Gasteiger charge is -2.13. The van der Waals surface area contributed by atoms with Crippen LogP contribution in [0.5, 0.6) is 11.5 Å². The van der Waals surface area contributed by atoms with Gasteiger partial charge in [0.05, 0.1) is 7.11 Å². The Morgan fingerprint density at radius 1 is 1.10 bits per heavy atom. The summed E-state index contributed by atoms with van der Waals surface area (Å²) in [6.07, 6.45) is 0.931. The van der Waals surface area contributed by atoms with Gasteiger partial charge in [0, 0.05) is 11.6 Å². The van der Waals surface area contributed by atoms with E-state index in [4.69, 9.17) is 15.2 Å². The number of ether oxygens (including phenoxy) is 2. The molecule has 2 rings (SSSR count). The van der Waals surface area contributed by atoms with E-state index in [9.17, 15) is 0 Å². The van der Waals surface area contributed by atoms with Crippen LogP contribution in [0.1, 0.15) is 36.1 Å². The molecule has 0 aliphatic heterocycles. The number of hydrogen-bond donors (Lipinski definition) is 1. The van der Waals surface area contributed by atoms with Crippen LogP contribution in [0.3, 0.4) is 0 Å². The fourth-order valence-corrected chi connectivity index (χ4v) is 2.23. The molecule has 1 atom stereocenters. The van der Waals surface area contributed by atoms with Gasteiger partial charge in [-0.05, 0) is 43.2 Å². The monoisotopic (exact) mass is 285 g/mol. The fourth-order valence-electron chi connectivity index (χ4n) is 2.23. The van der Waals surface area contributed by atoms with Gasteiger partial charge in [-0.1, -0.05) is 30.7 Å². The van der Waals surface area contributed by atoms with E-state index in [1.54, 1.807) is 7.11 Å². The van der Waals surface area contributed by atoms with Crippen LogP contribution < -0.4 is 15.2 Å². The van der Waals surface area contributed by atoms with Gasteiger partial charge in [-0.25, -0.2) is 0 Å². The van der Waals surface area contributed by atoms with Crippen LogP contribution in [-0.2, 0) is 6.61 Å². The third-order valence-corrected chi connectivity index (χ3v) is 3.58. The minimum atomic E-state index is 0.0934. The zero-order valence-electron chi connectivity index (χ0n) is 12.9. The lowest BCUT2D eigenvalue weighted by molar-refractivity contribution is 0.296. The van der Waals surface area contributed by atoms with Crippen LogP contribution in [0.4, 0.5) is 0 Å². The van der Waals surface area contributed by atoms with Gasteiger partial charge in [-0.2, -0.15) is 0 Å². The number of hydrogen-bond acceptors (Lipinski definition) is 3. The second-order valence-corrected chi connectivity index (χ2v) is 5.19. The number of nitrogens with two attached hydrogens (primary N) is 1. The van der Waals surface area contributed by atoms with Crippen LogP contribution >= 0.6 is 0 Å². The SMILES string of the molecule is CC[C@H](N)c1ccc(OCc2cc(C)ccc2OC)cc1. The first-order valence-electron chi connectivity index (χ1n) is 7.26. The van der Waals surface area contributed by atoms with E-state index >= 15 is 0 Å². The Morgan fingerprint density at radius 3 is 2.43 bits per heavy atom. The first-order valence-corrected chi connectivity index (χ1v) is 7.26. The molecule has 112 valence electrons. The summed E-state index contributed by atoms with van der Waals surface area (Å²) in [7, 11) is 1.68. The molecule has 0 aliphatic rings. The molecular formula is C18H23NO2. The normalized spacial score (nSPS) is 12.0. The second kappa shape index (κ2) is 7.14. The van der Waals surface area contributed by atoms with E-state index in [1.807, 2.05) is 36.4 Å². The van der Waals surface area contributed by atoms with Crippen LogP contribution in [-0.4, -0.2) is 7.11 Å². The molecule has 0 radical (unpaired) electrons. The van der Waals surface area contributed by atoms with Crippen molar-refractivity contribution in [2.75, 3.05) is 7.11 Å². The zero-order chi connectivity index (χ0) is 15.2. The highest BCUT2D eigenvalue weighted by atomic mass is 16.5. The van der Waals surface area contributed by atoms with Crippen LogP contribution in [0.25, 0.3) is 0 Å². The molecular weight excluding hydrogens is 262 g/mol. The molecule has 0 saturated carbocycles. The third-order valence-electron chi connectivity index (χ3n) is 3.58. The quantitative estimate of drug-likeness (QED) is 0.872. The van der Waals surface area contributed by atoms with E-state index in [0.29, 0.717) is 6.61 Å². The Bertz CT molecular complexity index is 578.